The molecule has 0 N–H and O–H groups in total. The maximum absolute atomic E-state index is 15.1. The SMILES string of the molecule is Cc1cc2ccc(C3CCC(C(F)(F)Oc4cc(F)c(F)c(F)c4)CC3)c(F)c2c(F)c1F. The number of aryl methyl sites for hydroxylation is 1. The Morgan fingerprint density at radius 1 is 0.758 bits per heavy atom. The maximum atomic E-state index is 15.1. The van der Waals surface area contributed by atoms with E-state index in [2.05, 4.69) is 4.74 Å². The van der Waals surface area contributed by atoms with Crippen molar-refractivity contribution in [1.82, 2.24) is 0 Å². The van der Waals surface area contributed by atoms with E-state index in [1.807, 2.05) is 0 Å². The fourth-order valence-corrected chi connectivity index (χ4v) is 4.42. The highest BCUT2D eigenvalue weighted by atomic mass is 19.3. The fourth-order valence-electron chi connectivity index (χ4n) is 4.42. The Morgan fingerprint density at radius 2 is 1.36 bits per heavy atom. The summed E-state index contributed by atoms with van der Waals surface area (Å²) in [6.45, 7) is 1.36. The van der Waals surface area contributed by atoms with Gasteiger partial charge in [-0.05, 0) is 61.1 Å². The summed E-state index contributed by atoms with van der Waals surface area (Å²) in [5.41, 5.74) is 0.144. The van der Waals surface area contributed by atoms with E-state index in [4.69, 9.17) is 0 Å². The third-order valence-electron chi connectivity index (χ3n) is 6.19. The molecule has 0 radical (unpaired) electrons. The summed E-state index contributed by atoms with van der Waals surface area (Å²) >= 11 is 0. The molecule has 1 saturated carbocycles. The molecule has 0 saturated heterocycles. The maximum Gasteiger partial charge on any atom is 0.400 e. The van der Waals surface area contributed by atoms with Crippen molar-refractivity contribution < 1.29 is 39.9 Å². The molecule has 0 unspecified atom stereocenters. The second-order valence-electron chi connectivity index (χ2n) is 8.30. The first-order valence-corrected chi connectivity index (χ1v) is 10.3. The zero-order valence-electron chi connectivity index (χ0n) is 17.3. The summed E-state index contributed by atoms with van der Waals surface area (Å²) in [7, 11) is 0. The van der Waals surface area contributed by atoms with E-state index in [9.17, 15) is 30.7 Å². The van der Waals surface area contributed by atoms with Crippen LogP contribution in [0.25, 0.3) is 10.8 Å². The molecule has 3 aromatic rings. The van der Waals surface area contributed by atoms with Crippen LogP contribution >= 0.6 is 0 Å². The fraction of sp³-hybridized carbons (Fsp3) is 0.333. The van der Waals surface area contributed by atoms with Gasteiger partial charge in [-0.15, -0.1) is 0 Å². The zero-order valence-corrected chi connectivity index (χ0v) is 17.3. The van der Waals surface area contributed by atoms with Crippen LogP contribution in [0, 0.1) is 47.7 Å². The second-order valence-corrected chi connectivity index (χ2v) is 8.30. The van der Waals surface area contributed by atoms with Gasteiger partial charge in [-0.25, -0.2) is 26.3 Å². The predicted octanol–water partition coefficient (Wildman–Crippen LogP) is 7.93. The van der Waals surface area contributed by atoms with Crippen molar-refractivity contribution in [3.63, 3.8) is 0 Å². The molecule has 0 spiro atoms. The Kier molecular flexibility index (Phi) is 6.01. The van der Waals surface area contributed by atoms with Crippen LogP contribution in [0.1, 0.15) is 42.7 Å². The van der Waals surface area contributed by atoms with Gasteiger partial charge in [0.25, 0.3) is 0 Å². The normalized spacial score (nSPS) is 19.2. The lowest BCUT2D eigenvalue weighted by Gasteiger charge is -2.33. The van der Waals surface area contributed by atoms with Crippen LogP contribution in [0.2, 0.25) is 0 Å². The third kappa shape index (κ3) is 4.25. The Balaban J connectivity index is 1.52. The van der Waals surface area contributed by atoms with Crippen LogP contribution < -0.4 is 4.74 Å². The molecule has 1 nitrogen and oxygen atoms in total. The van der Waals surface area contributed by atoms with Gasteiger partial charge < -0.3 is 4.74 Å². The molecule has 33 heavy (non-hydrogen) atoms. The Bertz CT molecular complexity index is 1190. The van der Waals surface area contributed by atoms with Gasteiger partial charge in [0.15, 0.2) is 29.1 Å². The number of halogens is 8. The van der Waals surface area contributed by atoms with E-state index in [0.717, 1.165) is 0 Å². The van der Waals surface area contributed by atoms with E-state index < -0.39 is 64.0 Å². The molecule has 0 heterocycles. The predicted molar refractivity (Wildman–Crippen MR) is 105 cm³/mol. The number of benzene rings is 3. The lowest BCUT2D eigenvalue weighted by Crippen LogP contribution is -2.37. The van der Waals surface area contributed by atoms with Gasteiger partial charge >= 0.3 is 6.11 Å². The molecule has 176 valence electrons. The average molecular weight is 474 g/mol. The van der Waals surface area contributed by atoms with Crippen molar-refractivity contribution in [2.45, 2.75) is 44.6 Å². The van der Waals surface area contributed by atoms with E-state index >= 15 is 4.39 Å². The first-order chi connectivity index (χ1) is 15.5. The molecule has 0 amide bonds. The first kappa shape index (κ1) is 23.3. The molecule has 0 aromatic heterocycles. The molecule has 4 rings (SSSR count). The minimum Gasteiger partial charge on any atom is -0.432 e. The Morgan fingerprint density at radius 3 is 1.97 bits per heavy atom. The molecule has 1 aliphatic carbocycles. The van der Waals surface area contributed by atoms with Crippen molar-refractivity contribution in [2.75, 3.05) is 0 Å². The average Bonchev–Trinajstić information content (AvgIpc) is 2.76. The second kappa shape index (κ2) is 8.50. The van der Waals surface area contributed by atoms with Gasteiger partial charge in [0.1, 0.15) is 11.6 Å². The van der Waals surface area contributed by atoms with Crippen molar-refractivity contribution in [1.29, 1.82) is 0 Å². The van der Waals surface area contributed by atoms with Gasteiger partial charge in [0.2, 0.25) is 0 Å². The third-order valence-corrected chi connectivity index (χ3v) is 6.19. The molecule has 0 atom stereocenters. The summed E-state index contributed by atoms with van der Waals surface area (Å²) in [4.78, 5) is 0. The van der Waals surface area contributed by atoms with Crippen LogP contribution in [0.3, 0.4) is 0 Å². The van der Waals surface area contributed by atoms with Crippen LogP contribution in [0.15, 0.2) is 30.3 Å². The number of alkyl halides is 2. The van der Waals surface area contributed by atoms with Crippen molar-refractivity contribution in [3.05, 3.63) is 76.4 Å². The van der Waals surface area contributed by atoms with Gasteiger partial charge in [-0.1, -0.05) is 12.1 Å². The zero-order chi connectivity index (χ0) is 24.1. The van der Waals surface area contributed by atoms with Crippen LogP contribution in [0.5, 0.6) is 5.75 Å². The number of hydrogen-bond acceptors (Lipinski definition) is 1. The molecular weight excluding hydrogens is 456 g/mol. The summed E-state index contributed by atoms with van der Waals surface area (Å²) in [6, 6.07) is 4.90. The molecule has 0 aliphatic heterocycles. The van der Waals surface area contributed by atoms with Crippen molar-refractivity contribution in [2.24, 2.45) is 5.92 Å². The summed E-state index contributed by atoms with van der Waals surface area (Å²) < 4.78 is 117. The number of ether oxygens (including phenoxy) is 1. The van der Waals surface area contributed by atoms with Gasteiger partial charge in [-0.3, -0.25) is 0 Å². The van der Waals surface area contributed by atoms with Gasteiger partial charge in [-0.2, -0.15) is 8.78 Å². The Labute approximate surface area is 184 Å². The van der Waals surface area contributed by atoms with E-state index in [1.165, 1.54) is 25.1 Å². The highest BCUT2D eigenvalue weighted by Gasteiger charge is 2.44. The monoisotopic (exact) mass is 474 g/mol. The highest BCUT2D eigenvalue weighted by molar-refractivity contribution is 5.85. The number of hydrogen-bond donors (Lipinski definition) is 0. The van der Waals surface area contributed by atoms with Gasteiger partial charge in [0, 0.05) is 12.1 Å². The molecule has 3 aromatic carbocycles. The minimum absolute atomic E-state index is 0.0378. The molecule has 0 bridgehead atoms. The smallest absolute Gasteiger partial charge is 0.400 e. The lowest BCUT2D eigenvalue weighted by atomic mass is 9.77. The van der Waals surface area contributed by atoms with E-state index in [0.29, 0.717) is 12.1 Å². The number of fused-ring (bicyclic) bond motifs is 1. The summed E-state index contributed by atoms with van der Waals surface area (Å²) in [6.07, 6.45) is -3.84. The molecular formula is C24H18F8O. The summed E-state index contributed by atoms with van der Waals surface area (Å²) in [5, 5.41) is -0.285. The Hall–Kier alpha value is -2.84. The molecule has 1 aliphatic rings. The molecule has 1 fully saturated rings. The standard InChI is InChI=1S/C24H18F8O/c1-11-8-13-4-7-16(21(28)19(13)23(30)20(11)27)12-2-5-14(6-3-12)24(31,32)33-15-9-17(25)22(29)18(26)10-15/h4,7-10,12,14H,2-3,5-6H2,1H3. The number of rotatable bonds is 4. The van der Waals surface area contributed by atoms with Gasteiger partial charge in [0.05, 0.1) is 11.3 Å². The summed E-state index contributed by atoms with van der Waals surface area (Å²) in [5.74, 6) is -11.2. The van der Waals surface area contributed by atoms with Crippen LogP contribution in [-0.2, 0) is 0 Å². The molecule has 9 heteroatoms. The van der Waals surface area contributed by atoms with E-state index in [1.54, 1.807) is 0 Å². The van der Waals surface area contributed by atoms with E-state index in [-0.39, 0.29) is 42.2 Å². The highest BCUT2D eigenvalue weighted by Crippen LogP contribution is 2.44. The lowest BCUT2D eigenvalue weighted by molar-refractivity contribution is -0.222. The topological polar surface area (TPSA) is 9.23 Å². The first-order valence-electron chi connectivity index (χ1n) is 10.3. The largest absolute Gasteiger partial charge is 0.432 e. The van der Waals surface area contributed by atoms with Crippen molar-refractivity contribution >= 4 is 10.8 Å². The van der Waals surface area contributed by atoms with Crippen LogP contribution in [0.4, 0.5) is 35.1 Å². The van der Waals surface area contributed by atoms with Crippen LogP contribution in [-0.4, -0.2) is 6.11 Å². The minimum atomic E-state index is -3.81. The van der Waals surface area contributed by atoms with Crippen molar-refractivity contribution in [3.8, 4) is 5.75 Å². The quantitative estimate of drug-likeness (QED) is 0.276.